The van der Waals surface area contributed by atoms with Crippen molar-refractivity contribution in [2.75, 3.05) is 0 Å². The third kappa shape index (κ3) is 3.07. The van der Waals surface area contributed by atoms with Crippen molar-refractivity contribution < 1.29 is 0 Å². The van der Waals surface area contributed by atoms with Gasteiger partial charge in [0.2, 0.25) is 0 Å². The fourth-order valence-corrected chi connectivity index (χ4v) is 3.09. The highest BCUT2D eigenvalue weighted by Crippen LogP contribution is 2.35. The van der Waals surface area contributed by atoms with E-state index >= 15 is 0 Å². The molecule has 1 atom stereocenters. The summed E-state index contributed by atoms with van der Waals surface area (Å²) in [5.41, 5.74) is 4.58. The van der Waals surface area contributed by atoms with Gasteiger partial charge in [-0.25, -0.2) is 0 Å². The van der Waals surface area contributed by atoms with Crippen LogP contribution in [0.3, 0.4) is 0 Å². The van der Waals surface area contributed by atoms with Gasteiger partial charge >= 0.3 is 0 Å². The zero-order chi connectivity index (χ0) is 12.9. The van der Waals surface area contributed by atoms with E-state index < -0.39 is 0 Å². The van der Waals surface area contributed by atoms with E-state index in [9.17, 15) is 0 Å². The van der Waals surface area contributed by atoms with Crippen molar-refractivity contribution in [1.29, 1.82) is 0 Å². The monoisotopic (exact) mass is 249 g/mol. The zero-order valence-electron chi connectivity index (χ0n) is 11.4. The molecule has 0 heterocycles. The van der Waals surface area contributed by atoms with E-state index in [2.05, 4.69) is 61.0 Å². The Kier molecular flexibility index (Phi) is 3.98. The maximum absolute atomic E-state index is 2.49. The predicted molar refractivity (Wildman–Crippen MR) is 81.2 cm³/mol. The second-order valence-electron chi connectivity index (χ2n) is 5.48. The summed E-state index contributed by atoms with van der Waals surface area (Å²) in [7, 11) is 0. The first-order chi connectivity index (χ1) is 9.43. The molecule has 19 heavy (non-hydrogen) atoms. The Labute approximate surface area is 116 Å². The number of benzene rings is 2. The van der Waals surface area contributed by atoms with Crippen LogP contribution in [0.4, 0.5) is 0 Å². The van der Waals surface area contributed by atoms with Crippen molar-refractivity contribution in [1.82, 2.24) is 0 Å². The lowest BCUT2D eigenvalue weighted by atomic mass is 9.94. The van der Waals surface area contributed by atoms with E-state index in [1.54, 1.807) is 5.56 Å². The first-order valence-electron chi connectivity index (χ1n) is 7.38. The standard InChI is InChI=1S/C19H21/c1-2-8-16(9-3-1)10-4-5-11-17-14-15-18-12-6-7-13-19(17)18/h1-3,6-9,12-14,17H,4-5,10-11,15H2. The predicted octanol–water partition coefficient (Wildman–Crippen LogP) is 4.94. The number of hydrogen-bond donors (Lipinski definition) is 0. The van der Waals surface area contributed by atoms with Crippen molar-refractivity contribution in [3.63, 3.8) is 0 Å². The van der Waals surface area contributed by atoms with Crippen LogP contribution in [0.2, 0.25) is 0 Å². The first-order valence-corrected chi connectivity index (χ1v) is 7.38. The molecular formula is C19H21. The fourth-order valence-electron chi connectivity index (χ4n) is 3.09. The molecule has 0 saturated heterocycles. The summed E-state index contributed by atoms with van der Waals surface area (Å²) in [6.45, 7) is 0. The van der Waals surface area contributed by atoms with Gasteiger partial charge in [0.05, 0.1) is 0 Å². The number of rotatable bonds is 5. The molecule has 0 nitrogen and oxygen atoms in total. The minimum Gasteiger partial charge on any atom is -0.0622 e. The summed E-state index contributed by atoms with van der Waals surface area (Å²) >= 11 is 0. The highest BCUT2D eigenvalue weighted by atomic mass is 14.3. The normalized spacial score (nSPS) is 17.4. The molecule has 0 aliphatic heterocycles. The Morgan fingerprint density at radius 3 is 2.53 bits per heavy atom. The molecule has 1 aliphatic carbocycles. The van der Waals surface area contributed by atoms with Gasteiger partial charge in [0, 0.05) is 0 Å². The Hall–Kier alpha value is -1.56. The second-order valence-corrected chi connectivity index (χ2v) is 5.48. The average Bonchev–Trinajstić information content (AvgIpc) is 2.88. The number of hydrogen-bond acceptors (Lipinski definition) is 0. The Bertz CT molecular complexity index is 513. The van der Waals surface area contributed by atoms with E-state index in [-0.39, 0.29) is 0 Å². The molecule has 0 amide bonds. The largest absolute Gasteiger partial charge is 0.0622 e. The summed E-state index contributed by atoms with van der Waals surface area (Å²) in [6, 6.07) is 19.7. The van der Waals surface area contributed by atoms with Crippen LogP contribution in [0, 0.1) is 6.42 Å². The lowest BCUT2D eigenvalue weighted by Gasteiger charge is -2.11. The van der Waals surface area contributed by atoms with E-state index in [1.165, 1.54) is 43.2 Å². The first kappa shape index (κ1) is 12.5. The minimum atomic E-state index is 0.701. The summed E-state index contributed by atoms with van der Waals surface area (Å²) in [6.07, 6.45) is 8.81. The van der Waals surface area contributed by atoms with E-state index in [0.717, 1.165) is 0 Å². The van der Waals surface area contributed by atoms with Crippen LogP contribution in [0.25, 0.3) is 0 Å². The molecule has 1 radical (unpaired) electrons. The highest BCUT2D eigenvalue weighted by molar-refractivity contribution is 5.38. The highest BCUT2D eigenvalue weighted by Gasteiger charge is 2.21. The average molecular weight is 249 g/mol. The van der Waals surface area contributed by atoms with Crippen LogP contribution >= 0.6 is 0 Å². The Balaban J connectivity index is 1.47. The number of aryl methyl sites for hydroxylation is 1. The van der Waals surface area contributed by atoms with Gasteiger partial charge in [-0.2, -0.15) is 0 Å². The quantitative estimate of drug-likeness (QED) is 0.658. The van der Waals surface area contributed by atoms with E-state index in [1.807, 2.05) is 0 Å². The summed E-state index contributed by atoms with van der Waals surface area (Å²) in [4.78, 5) is 0. The van der Waals surface area contributed by atoms with Gasteiger partial charge in [-0.1, -0.05) is 61.0 Å². The lowest BCUT2D eigenvalue weighted by molar-refractivity contribution is 0.624. The van der Waals surface area contributed by atoms with Crippen molar-refractivity contribution in [2.24, 2.45) is 0 Å². The lowest BCUT2D eigenvalue weighted by Crippen LogP contribution is -1.95. The third-order valence-corrected chi connectivity index (χ3v) is 4.15. The van der Waals surface area contributed by atoms with Crippen molar-refractivity contribution in [3.05, 3.63) is 77.7 Å². The molecule has 0 fully saturated rings. The van der Waals surface area contributed by atoms with Crippen LogP contribution in [-0.4, -0.2) is 0 Å². The van der Waals surface area contributed by atoms with Crippen LogP contribution in [-0.2, 0) is 12.8 Å². The van der Waals surface area contributed by atoms with Gasteiger partial charge in [0.25, 0.3) is 0 Å². The topological polar surface area (TPSA) is 0 Å². The molecule has 0 N–H and O–H groups in total. The van der Waals surface area contributed by atoms with Crippen molar-refractivity contribution in [2.45, 2.75) is 38.0 Å². The van der Waals surface area contributed by atoms with Gasteiger partial charge in [0.1, 0.15) is 0 Å². The molecule has 0 saturated carbocycles. The molecule has 1 aliphatic rings. The molecule has 2 aromatic carbocycles. The molecule has 0 bridgehead atoms. The molecule has 97 valence electrons. The Morgan fingerprint density at radius 2 is 1.63 bits per heavy atom. The van der Waals surface area contributed by atoms with Crippen LogP contribution < -0.4 is 0 Å². The third-order valence-electron chi connectivity index (χ3n) is 4.15. The zero-order valence-corrected chi connectivity index (χ0v) is 11.4. The molecule has 0 spiro atoms. The van der Waals surface area contributed by atoms with Crippen molar-refractivity contribution >= 4 is 0 Å². The van der Waals surface area contributed by atoms with Crippen LogP contribution in [0.5, 0.6) is 0 Å². The van der Waals surface area contributed by atoms with Gasteiger partial charge in [0.15, 0.2) is 0 Å². The second kappa shape index (κ2) is 6.06. The number of fused-ring (bicyclic) bond motifs is 1. The fraction of sp³-hybridized carbons (Fsp3) is 0.316. The summed E-state index contributed by atoms with van der Waals surface area (Å²) < 4.78 is 0. The van der Waals surface area contributed by atoms with Crippen LogP contribution in [0.1, 0.15) is 41.9 Å². The summed E-state index contributed by atoms with van der Waals surface area (Å²) in [5, 5.41) is 0. The number of unbranched alkanes of at least 4 members (excludes halogenated alkanes) is 1. The smallest absolute Gasteiger partial charge is 0.0125 e. The van der Waals surface area contributed by atoms with Crippen LogP contribution in [0.15, 0.2) is 54.6 Å². The Morgan fingerprint density at radius 1 is 0.842 bits per heavy atom. The van der Waals surface area contributed by atoms with Gasteiger partial charge in [-0.05, 0) is 54.7 Å². The maximum atomic E-state index is 2.49. The van der Waals surface area contributed by atoms with Crippen molar-refractivity contribution in [3.8, 4) is 0 Å². The van der Waals surface area contributed by atoms with Gasteiger partial charge in [-0.3, -0.25) is 0 Å². The SMILES string of the molecule is [CH]1Cc2ccccc2C1CCCCc1ccccc1. The molecule has 0 heteroatoms. The molecule has 2 aromatic rings. The van der Waals surface area contributed by atoms with Gasteiger partial charge < -0.3 is 0 Å². The molecule has 0 aromatic heterocycles. The summed E-state index contributed by atoms with van der Waals surface area (Å²) in [5.74, 6) is 0.701. The van der Waals surface area contributed by atoms with Gasteiger partial charge in [-0.15, -0.1) is 0 Å². The molecular weight excluding hydrogens is 228 g/mol. The maximum Gasteiger partial charge on any atom is -0.0125 e. The van der Waals surface area contributed by atoms with E-state index in [4.69, 9.17) is 0 Å². The minimum absolute atomic E-state index is 0.701. The van der Waals surface area contributed by atoms with E-state index in [0.29, 0.717) is 5.92 Å². The molecule has 3 rings (SSSR count). The molecule has 1 unspecified atom stereocenters.